The van der Waals surface area contributed by atoms with Gasteiger partial charge in [0.25, 0.3) is 5.91 Å². The van der Waals surface area contributed by atoms with Crippen molar-refractivity contribution in [3.63, 3.8) is 0 Å². The fourth-order valence-corrected chi connectivity index (χ4v) is 4.13. The molecule has 1 fully saturated rings. The molecule has 0 aliphatic carbocycles. The minimum Gasteiger partial charge on any atom is -0.490 e. The van der Waals surface area contributed by atoms with Crippen LogP contribution in [0.4, 0.5) is 11.4 Å². The van der Waals surface area contributed by atoms with Gasteiger partial charge in [-0.2, -0.15) is 0 Å². The van der Waals surface area contributed by atoms with Crippen molar-refractivity contribution in [1.29, 1.82) is 0 Å². The van der Waals surface area contributed by atoms with Gasteiger partial charge in [-0.15, -0.1) is 0 Å². The molecule has 0 radical (unpaired) electrons. The fourth-order valence-electron chi connectivity index (χ4n) is 3.83. The second kappa shape index (κ2) is 11.8. The molecule has 2 aromatic rings. The highest BCUT2D eigenvalue weighted by Gasteiger charge is 2.21. The Kier molecular flexibility index (Phi) is 8.87. The van der Waals surface area contributed by atoms with Gasteiger partial charge in [-0.3, -0.25) is 9.59 Å². The molecule has 1 aliphatic heterocycles. The Balaban J connectivity index is 1.77. The van der Waals surface area contributed by atoms with E-state index in [1.54, 1.807) is 25.1 Å². The summed E-state index contributed by atoms with van der Waals surface area (Å²) in [5.41, 5.74) is 1.84. The lowest BCUT2D eigenvalue weighted by Gasteiger charge is -2.36. The lowest BCUT2D eigenvalue weighted by molar-refractivity contribution is -0.129. The smallest absolute Gasteiger partial charge is 0.255 e. The molecule has 9 heteroatoms. The third-order valence-electron chi connectivity index (χ3n) is 5.44. The highest BCUT2D eigenvalue weighted by molar-refractivity contribution is 6.33. The Hall–Kier alpha value is -3.13. The molecule has 34 heavy (non-hydrogen) atoms. The van der Waals surface area contributed by atoms with E-state index in [1.165, 1.54) is 0 Å². The minimum absolute atomic E-state index is 0.0816. The van der Waals surface area contributed by atoms with Gasteiger partial charge in [0.2, 0.25) is 11.7 Å². The Morgan fingerprint density at radius 3 is 2.00 bits per heavy atom. The summed E-state index contributed by atoms with van der Waals surface area (Å²) < 4.78 is 17.1. The first kappa shape index (κ1) is 25.5. The molecule has 3 rings (SSSR count). The van der Waals surface area contributed by atoms with Crippen molar-refractivity contribution in [2.45, 2.75) is 27.7 Å². The monoisotopic (exact) mass is 489 g/mol. The summed E-state index contributed by atoms with van der Waals surface area (Å²) in [7, 11) is 0. The van der Waals surface area contributed by atoms with Crippen LogP contribution >= 0.6 is 11.6 Å². The van der Waals surface area contributed by atoms with Gasteiger partial charge >= 0.3 is 0 Å². The summed E-state index contributed by atoms with van der Waals surface area (Å²) >= 11 is 6.55. The number of rotatable bonds is 9. The van der Waals surface area contributed by atoms with Crippen molar-refractivity contribution >= 4 is 34.8 Å². The first-order valence-corrected chi connectivity index (χ1v) is 11.9. The van der Waals surface area contributed by atoms with E-state index in [-0.39, 0.29) is 11.8 Å². The Labute approximate surface area is 205 Å². The summed E-state index contributed by atoms with van der Waals surface area (Å²) in [4.78, 5) is 28.6. The molecule has 184 valence electrons. The molecule has 2 aromatic carbocycles. The molecule has 1 N–H and O–H groups in total. The number of carbonyl (C=O) groups excluding carboxylic acids is 2. The van der Waals surface area contributed by atoms with Crippen LogP contribution in [-0.2, 0) is 4.79 Å². The van der Waals surface area contributed by atoms with Gasteiger partial charge < -0.3 is 29.3 Å². The molecule has 2 amide bonds. The van der Waals surface area contributed by atoms with Crippen LogP contribution in [-0.4, -0.2) is 62.7 Å². The zero-order valence-corrected chi connectivity index (χ0v) is 20.9. The average molecular weight is 490 g/mol. The van der Waals surface area contributed by atoms with Crippen LogP contribution in [0, 0.1) is 0 Å². The molecule has 8 nitrogen and oxygen atoms in total. The largest absolute Gasteiger partial charge is 0.490 e. The minimum atomic E-state index is -0.316. The van der Waals surface area contributed by atoms with Gasteiger partial charge in [0.1, 0.15) is 0 Å². The molecule has 1 aliphatic rings. The van der Waals surface area contributed by atoms with Gasteiger partial charge in [0.15, 0.2) is 11.5 Å². The summed E-state index contributed by atoms with van der Waals surface area (Å²) in [5.74, 6) is 1.17. The third kappa shape index (κ3) is 6.05. The molecule has 0 bridgehead atoms. The van der Waals surface area contributed by atoms with Crippen molar-refractivity contribution in [3.8, 4) is 17.2 Å². The quantitative estimate of drug-likeness (QED) is 0.560. The first-order chi connectivity index (χ1) is 16.4. The third-order valence-corrected chi connectivity index (χ3v) is 5.75. The van der Waals surface area contributed by atoms with E-state index in [0.717, 1.165) is 5.69 Å². The van der Waals surface area contributed by atoms with E-state index >= 15 is 0 Å². The standard InChI is InChI=1S/C25H32ClN3O5/c1-5-32-22-14-18(15-23(33-6-2)24(22)34-7-3)25(31)27-19-8-9-21(20(26)16-19)29-12-10-28(11-13-29)17(4)30/h8-9,14-16H,5-7,10-13H2,1-4H3,(H,27,31). The number of halogens is 1. The summed E-state index contributed by atoms with van der Waals surface area (Å²) in [5, 5.41) is 3.43. The van der Waals surface area contributed by atoms with E-state index < -0.39 is 0 Å². The van der Waals surface area contributed by atoms with E-state index in [0.29, 0.717) is 79.5 Å². The SMILES string of the molecule is CCOc1cc(C(=O)Nc2ccc(N3CCN(C(C)=O)CC3)c(Cl)c2)cc(OCC)c1OCC. The van der Waals surface area contributed by atoms with Crippen molar-refractivity contribution < 1.29 is 23.8 Å². The summed E-state index contributed by atoms with van der Waals surface area (Å²) in [6.07, 6.45) is 0. The number of nitrogens with zero attached hydrogens (tertiary/aromatic N) is 2. The molecule has 1 heterocycles. The zero-order valence-electron chi connectivity index (χ0n) is 20.2. The predicted molar refractivity (Wildman–Crippen MR) is 134 cm³/mol. The number of benzene rings is 2. The molecular weight excluding hydrogens is 458 g/mol. The second-order valence-corrected chi connectivity index (χ2v) is 8.12. The van der Waals surface area contributed by atoms with Gasteiger partial charge in [0, 0.05) is 44.4 Å². The summed E-state index contributed by atoms with van der Waals surface area (Å²) in [6, 6.07) is 8.73. The van der Waals surface area contributed by atoms with Crippen LogP contribution < -0.4 is 24.4 Å². The molecular formula is C25H32ClN3O5. The number of amides is 2. The van der Waals surface area contributed by atoms with E-state index in [2.05, 4.69) is 10.2 Å². The van der Waals surface area contributed by atoms with Crippen molar-refractivity contribution in [1.82, 2.24) is 4.90 Å². The summed E-state index contributed by atoms with van der Waals surface area (Å²) in [6.45, 7) is 11.2. The van der Waals surface area contributed by atoms with Crippen molar-refractivity contribution in [2.75, 3.05) is 56.2 Å². The number of ether oxygens (including phenoxy) is 3. The number of anilines is 2. The van der Waals surface area contributed by atoms with Crippen LogP contribution in [0.2, 0.25) is 5.02 Å². The first-order valence-electron chi connectivity index (χ1n) is 11.6. The highest BCUT2D eigenvalue weighted by Crippen LogP contribution is 2.39. The van der Waals surface area contributed by atoms with Gasteiger partial charge in [-0.25, -0.2) is 0 Å². The number of hydrogen-bond acceptors (Lipinski definition) is 6. The molecule has 0 spiro atoms. The Bertz CT molecular complexity index is 995. The topological polar surface area (TPSA) is 80.3 Å². The average Bonchev–Trinajstić information content (AvgIpc) is 2.81. The molecule has 0 atom stereocenters. The van der Waals surface area contributed by atoms with E-state index in [9.17, 15) is 9.59 Å². The molecule has 0 saturated carbocycles. The highest BCUT2D eigenvalue weighted by atomic mass is 35.5. The predicted octanol–water partition coefficient (Wildman–Crippen LogP) is 4.46. The van der Waals surface area contributed by atoms with Crippen LogP contribution in [0.1, 0.15) is 38.1 Å². The van der Waals surface area contributed by atoms with E-state index in [4.69, 9.17) is 25.8 Å². The van der Waals surface area contributed by atoms with Gasteiger partial charge in [-0.1, -0.05) is 11.6 Å². The normalized spacial score (nSPS) is 13.4. The number of piperazine rings is 1. The van der Waals surface area contributed by atoms with Crippen molar-refractivity contribution in [2.24, 2.45) is 0 Å². The number of carbonyl (C=O) groups is 2. The lowest BCUT2D eigenvalue weighted by atomic mass is 10.1. The van der Waals surface area contributed by atoms with Gasteiger partial charge in [-0.05, 0) is 51.1 Å². The maximum Gasteiger partial charge on any atom is 0.255 e. The molecule has 0 aromatic heterocycles. The second-order valence-electron chi connectivity index (χ2n) is 7.71. The van der Waals surface area contributed by atoms with Crippen LogP contribution in [0.3, 0.4) is 0 Å². The lowest BCUT2D eigenvalue weighted by Crippen LogP contribution is -2.48. The maximum absolute atomic E-state index is 13.0. The fraction of sp³-hybridized carbons (Fsp3) is 0.440. The van der Waals surface area contributed by atoms with Crippen molar-refractivity contribution in [3.05, 3.63) is 40.9 Å². The Morgan fingerprint density at radius 2 is 1.50 bits per heavy atom. The molecule has 0 unspecified atom stereocenters. The number of hydrogen-bond donors (Lipinski definition) is 1. The zero-order chi connectivity index (χ0) is 24.7. The number of nitrogens with one attached hydrogen (secondary N) is 1. The maximum atomic E-state index is 13.0. The van der Waals surface area contributed by atoms with Crippen LogP contribution in [0.5, 0.6) is 17.2 Å². The van der Waals surface area contributed by atoms with Crippen LogP contribution in [0.25, 0.3) is 0 Å². The molecule has 1 saturated heterocycles. The van der Waals surface area contributed by atoms with Gasteiger partial charge in [0.05, 0.1) is 30.5 Å². The van der Waals surface area contributed by atoms with Crippen LogP contribution in [0.15, 0.2) is 30.3 Å². The van der Waals surface area contributed by atoms with E-state index in [1.807, 2.05) is 37.8 Å². The Morgan fingerprint density at radius 1 is 0.912 bits per heavy atom.